The Morgan fingerprint density at radius 3 is 3.00 bits per heavy atom. The van der Waals surface area contributed by atoms with E-state index in [0.29, 0.717) is 10.8 Å². The molecule has 0 bridgehead atoms. The highest BCUT2D eigenvalue weighted by molar-refractivity contribution is 6.29. The van der Waals surface area contributed by atoms with E-state index in [4.69, 9.17) is 16.3 Å². The number of rotatable bonds is 3. The summed E-state index contributed by atoms with van der Waals surface area (Å²) in [5.41, 5.74) is 0.640. The van der Waals surface area contributed by atoms with Crippen LogP contribution in [-0.4, -0.2) is 16.6 Å². The molecule has 0 N–H and O–H groups in total. The maximum absolute atomic E-state index is 5.82. The number of hydrogen-bond donors (Lipinski definition) is 0. The van der Waals surface area contributed by atoms with Crippen molar-refractivity contribution in [1.82, 2.24) is 9.97 Å². The van der Waals surface area contributed by atoms with Crippen LogP contribution in [0, 0.1) is 5.92 Å². The van der Waals surface area contributed by atoms with Gasteiger partial charge >= 0.3 is 0 Å². The van der Waals surface area contributed by atoms with Crippen LogP contribution in [0.2, 0.25) is 5.15 Å². The van der Waals surface area contributed by atoms with Gasteiger partial charge in [0.05, 0.1) is 12.0 Å². The predicted octanol–water partition coefficient (Wildman–Crippen LogP) is 3.07. The Labute approximate surface area is 98.4 Å². The molecule has 0 amide bonds. The zero-order valence-electron chi connectivity index (χ0n) is 8.69. The molecule has 0 radical (unpaired) electrons. The Bertz CT molecular complexity index is 525. The third-order valence-corrected chi connectivity index (χ3v) is 2.91. The average molecular weight is 235 g/mol. The van der Waals surface area contributed by atoms with Gasteiger partial charge in [0, 0.05) is 6.20 Å². The summed E-state index contributed by atoms with van der Waals surface area (Å²) in [5, 5.41) is 1.38. The monoisotopic (exact) mass is 234 g/mol. The molecule has 0 spiro atoms. The van der Waals surface area contributed by atoms with Gasteiger partial charge < -0.3 is 4.74 Å². The highest BCUT2D eigenvalue weighted by atomic mass is 35.5. The highest BCUT2D eigenvalue weighted by Gasteiger charge is 2.22. The van der Waals surface area contributed by atoms with Gasteiger partial charge in [0.2, 0.25) is 0 Å². The fourth-order valence-corrected chi connectivity index (χ4v) is 1.74. The summed E-state index contributed by atoms with van der Waals surface area (Å²) in [6.45, 7) is 0.793. The molecule has 0 saturated heterocycles. The standard InChI is InChI=1S/C12H11ClN2O/c13-11-4-3-9-10(16-7-8-1-2-8)5-6-14-12(9)15-11/h3-6,8H,1-2,7H2. The minimum absolute atomic E-state index is 0.458. The van der Waals surface area contributed by atoms with Crippen molar-refractivity contribution >= 4 is 22.6 Å². The van der Waals surface area contributed by atoms with Crippen molar-refractivity contribution in [2.45, 2.75) is 12.8 Å². The minimum Gasteiger partial charge on any atom is -0.492 e. The van der Waals surface area contributed by atoms with E-state index < -0.39 is 0 Å². The third-order valence-electron chi connectivity index (χ3n) is 2.70. The minimum atomic E-state index is 0.458. The third kappa shape index (κ3) is 1.95. The second-order valence-electron chi connectivity index (χ2n) is 4.07. The highest BCUT2D eigenvalue weighted by Crippen LogP contribution is 2.31. The van der Waals surface area contributed by atoms with Crippen LogP contribution in [0.1, 0.15) is 12.8 Å². The lowest BCUT2D eigenvalue weighted by Gasteiger charge is -2.07. The molecule has 0 atom stereocenters. The molecular formula is C12H11ClN2O. The number of pyridine rings is 2. The smallest absolute Gasteiger partial charge is 0.164 e. The molecule has 82 valence electrons. The van der Waals surface area contributed by atoms with Gasteiger partial charge in [-0.1, -0.05) is 11.6 Å². The second kappa shape index (κ2) is 3.91. The molecule has 1 fully saturated rings. The average Bonchev–Trinajstić information content (AvgIpc) is 3.09. The number of fused-ring (bicyclic) bond motifs is 1. The van der Waals surface area contributed by atoms with Gasteiger partial charge in [-0.15, -0.1) is 0 Å². The van der Waals surface area contributed by atoms with Gasteiger partial charge in [-0.05, 0) is 37.0 Å². The molecule has 0 unspecified atom stereocenters. The SMILES string of the molecule is Clc1ccc2c(OCC3CC3)ccnc2n1. The van der Waals surface area contributed by atoms with Crippen LogP contribution >= 0.6 is 11.6 Å². The van der Waals surface area contributed by atoms with Crippen LogP contribution in [0.15, 0.2) is 24.4 Å². The van der Waals surface area contributed by atoms with Crippen LogP contribution in [0.4, 0.5) is 0 Å². The first-order valence-electron chi connectivity index (χ1n) is 5.37. The van der Waals surface area contributed by atoms with Crippen molar-refractivity contribution in [3.8, 4) is 5.75 Å². The second-order valence-corrected chi connectivity index (χ2v) is 4.46. The van der Waals surface area contributed by atoms with Crippen LogP contribution in [0.25, 0.3) is 11.0 Å². The van der Waals surface area contributed by atoms with Gasteiger partial charge in [-0.2, -0.15) is 0 Å². The Morgan fingerprint density at radius 1 is 1.31 bits per heavy atom. The largest absolute Gasteiger partial charge is 0.492 e. The van der Waals surface area contributed by atoms with Crippen LogP contribution < -0.4 is 4.74 Å². The number of nitrogens with zero attached hydrogens (tertiary/aromatic N) is 2. The van der Waals surface area contributed by atoms with E-state index >= 15 is 0 Å². The first-order valence-corrected chi connectivity index (χ1v) is 5.75. The lowest BCUT2D eigenvalue weighted by Crippen LogP contribution is -2.00. The Kier molecular flexibility index (Phi) is 2.40. The van der Waals surface area contributed by atoms with Crippen molar-refractivity contribution in [2.75, 3.05) is 6.61 Å². The van der Waals surface area contributed by atoms with Crippen molar-refractivity contribution in [3.63, 3.8) is 0 Å². The van der Waals surface area contributed by atoms with Gasteiger partial charge in [0.15, 0.2) is 5.65 Å². The fraction of sp³-hybridized carbons (Fsp3) is 0.333. The quantitative estimate of drug-likeness (QED) is 0.766. The lowest BCUT2D eigenvalue weighted by atomic mass is 10.2. The molecule has 0 aromatic carbocycles. The van der Waals surface area contributed by atoms with E-state index in [1.54, 1.807) is 12.3 Å². The maximum atomic E-state index is 5.82. The van der Waals surface area contributed by atoms with Gasteiger partial charge in [0.25, 0.3) is 0 Å². The molecule has 2 heterocycles. The summed E-state index contributed by atoms with van der Waals surface area (Å²) in [6, 6.07) is 5.54. The number of ether oxygens (including phenoxy) is 1. The van der Waals surface area contributed by atoms with Gasteiger partial charge in [-0.25, -0.2) is 9.97 Å². The van der Waals surface area contributed by atoms with Gasteiger partial charge in [0.1, 0.15) is 10.9 Å². The molecule has 3 rings (SSSR count). The van der Waals surface area contributed by atoms with E-state index in [0.717, 1.165) is 23.7 Å². The van der Waals surface area contributed by atoms with E-state index in [1.807, 2.05) is 12.1 Å². The van der Waals surface area contributed by atoms with Crippen molar-refractivity contribution < 1.29 is 4.74 Å². The van der Waals surface area contributed by atoms with Crippen LogP contribution in [0.5, 0.6) is 5.75 Å². The summed E-state index contributed by atoms with van der Waals surface area (Å²) in [7, 11) is 0. The Morgan fingerprint density at radius 2 is 2.19 bits per heavy atom. The molecule has 3 nitrogen and oxygen atoms in total. The summed E-state index contributed by atoms with van der Waals surface area (Å²) < 4.78 is 5.76. The number of hydrogen-bond acceptors (Lipinski definition) is 3. The Balaban J connectivity index is 1.95. The molecule has 1 saturated carbocycles. The Hall–Kier alpha value is -1.35. The van der Waals surface area contributed by atoms with Crippen LogP contribution in [0.3, 0.4) is 0 Å². The molecule has 1 aliphatic carbocycles. The molecule has 0 aliphatic heterocycles. The van der Waals surface area contributed by atoms with Crippen molar-refractivity contribution in [2.24, 2.45) is 5.92 Å². The lowest BCUT2D eigenvalue weighted by molar-refractivity contribution is 0.303. The summed E-state index contributed by atoms with van der Waals surface area (Å²) in [6.07, 6.45) is 4.27. The molecule has 4 heteroatoms. The predicted molar refractivity (Wildman–Crippen MR) is 62.8 cm³/mol. The van der Waals surface area contributed by atoms with Gasteiger partial charge in [-0.3, -0.25) is 0 Å². The summed E-state index contributed by atoms with van der Waals surface area (Å²) >= 11 is 5.82. The molecule has 2 aromatic heterocycles. The summed E-state index contributed by atoms with van der Waals surface area (Å²) in [5.74, 6) is 1.59. The van der Waals surface area contributed by atoms with E-state index in [1.165, 1.54) is 12.8 Å². The summed E-state index contributed by atoms with van der Waals surface area (Å²) in [4.78, 5) is 8.32. The first-order chi connectivity index (χ1) is 7.83. The molecule has 16 heavy (non-hydrogen) atoms. The zero-order chi connectivity index (χ0) is 11.0. The van der Waals surface area contributed by atoms with Crippen molar-refractivity contribution in [1.29, 1.82) is 0 Å². The number of halogens is 1. The molecule has 1 aliphatic rings. The normalized spacial score (nSPS) is 15.3. The van der Waals surface area contributed by atoms with E-state index in [2.05, 4.69) is 9.97 Å². The fourth-order valence-electron chi connectivity index (χ4n) is 1.60. The van der Waals surface area contributed by atoms with Crippen LogP contribution in [-0.2, 0) is 0 Å². The topological polar surface area (TPSA) is 35.0 Å². The zero-order valence-corrected chi connectivity index (χ0v) is 9.44. The maximum Gasteiger partial charge on any atom is 0.164 e. The molecule has 2 aromatic rings. The van der Waals surface area contributed by atoms with E-state index in [-0.39, 0.29) is 0 Å². The molecular weight excluding hydrogens is 224 g/mol. The number of aromatic nitrogens is 2. The van der Waals surface area contributed by atoms with Crippen molar-refractivity contribution in [3.05, 3.63) is 29.5 Å². The van der Waals surface area contributed by atoms with E-state index in [9.17, 15) is 0 Å². The first kappa shape index (κ1) is 9.85.